The normalized spacial score (nSPS) is 18.1. The van der Waals surface area contributed by atoms with E-state index in [4.69, 9.17) is 0 Å². The van der Waals surface area contributed by atoms with Crippen LogP contribution < -0.4 is 10.1 Å². The number of sulfonamides is 1. The number of nitrogens with zero attached hydrogens (tertiary/aromatic N) is 1. The van der Waals surface area contributed by atoms with Gasteiger partial charge in [-0.05, 0) is 31.3 Å². The lowest BCUT2D eigenvalue weighted by atomic mass is 10.2. The number of hydrazine groups is 1. The standard InChI is InChI=1S/C11H19N3O2S2/c1-12-9-10-11(5-8-17-10)18(15,16)13-14-6-3-2-4-7-14/h5,8,12-13H,2-4,6-7,9H2,1H3. The van der Waals surface area contributed by atoms with Crippen LogP contribution in [0.4, 0.5) is 0 Å². The van der Waals surface area contributed by atoms with Crippen LogP contribution >= 0.6 is 11.3 Å². The van der Waals surface area contributed by atoms with E-state index in [0.29, 0.717) is 11.4 Å². The van der Waals surface area contributed by atoms with Crippen molar-refractivity contribution < 1.29 is 8.42 Å². The number of piperidine rings is 1. The zero-order valence-electron chi connectivity index (χ0n) is 10.5. The summed E-state index contributed by atoms with van der Waals surface area (Å²) in [6, 6.07) is 1.67. The van der Waals surface area contributed by atoms with Gasteiger partial charge >= 0.3 is 0 Å². The molecule has 0 spiro atoms. The van der Waals surface area contributed by atoms with Gasteiger partial charge in [-0.1, -0.05) is 6.42 Å². The first-order chi connectivity index (χ1) is 8.63. The molecule has 1 aromatic heterocycles. The predicted molar refractivity (Wildman–Crippen MR) is 72.8 cm³/mol. The van der Waals surface area contributed by atoms with E-state index in [0.717, 1.165) is 30.8 Å². The van der Waals surface area contributed by atoms with Gasteiger partial charge in [-0.3, -0.25) is 0 Å². The first kappa shape index (κ1) is 14.0. The van der Waals surface area contributed by atoms with E-state index >= 15 is 0 Å². The molecule has 1 aliphatic heterocycles. The maximum absolute atomic E-state index is 12.3. The fraction of sp³-hybridized carbons (Fsp3) is 0.636. The highest BCUT2D eigenvalue weighted by atomic mass is 32.2. The lowest BCUT2D eigenvalue weighted by Gasteiger charge is -2.26. The van der Waals surface area contributed by atoms with Gasteiger partial charge in [-0.15, -0.1) is 16.2 Å². The van der Waals surface area contributed by atoms with Crippen molar-refractivity contribution in [1.82, 2.24) is 15.2 Å². The molecule has 18 heavy (non-hydrogen) atoms. The first-order valence-corrected chi connectivity index (χ1v) is 8.48. The Morgan fingerprint density at radius 2 is 2.06 bits per heavy atom. The number of nitrogens with one attached hydrogen (secondary N) is 2. The SMILES string of the molecule is CNCc1sccc1S(=O)(=O)NN1CCCCC1. The molecular weight excluding hydrogens is 270 g/mol. The molecule has 1 saturated heterocycles. The van der Waals surface area contributed by atoms with Crippen molar-refractivity contribution in [1.29, 1.82) is 0 Å². The van der Waals surface area contributed by atoms with Crippen LogP contribution in [-0.4, -0.2) is 33.6 Å². The molecule has 0 amide bonds. The summed E-state index contributed by atoms with van der Waals surface area (Å²) in [5.74, 6) is 0. The van der Waals surface area contributed by atoms with Crippen molar-refractivity contribution in [3.8, 4) is 0 Å². The third-order valence-corrected chi connectivity index (χ3v) is 5.45. The maximum atomic E-state index is 12.3. The minimum absolute atomic E-state index is 0.396. The summed E-state index contributed by atoms with van der Waals surface area (Å²) in [6.45, 7) is 2.17. The summed E-state index contributed by atoms with van der Waals surface area (Å²) in [5, 5.41) is 6.61. The molecule has 0 saturated carbocycles. The highest BCUT2D eigenvalue weighted by molar-refractivity contribution is 7.89. The fourth-order valence-corrected chi connectivity index (χ4v) is 4.64. The van der Waals surface area contributed by atoms with E-state index in [-0.39, 0.29) is 0 Å². The van der Waals surface area contributed by atoms with E-state index in [1.54, 1.807) is 11.1 Å². The Morgan fingerprint density at radius 1 is 1.33 bits per heavy atom. The Hall–Kier alpha value is -0.470. The van der Waals surface area contributed by atoms with Crippen LogP contribution in [0.15, 0.2) is 16.3 Å². The zero-order valence-corrected chi connectivity index (χ0v) is 12.1. The Morgan fingerprint density at radius 3 is 2.72 bits per heavy atom. The van der Waals surface area contributed by atoms with Gasteiger partial charge in [0, 0.05) is 24.5 Å². The summed E-state index contributed by atoms with van der Waals surface area (Å²) < 4.78 is 24.6. The van der Waals surface area contributed by atoms with Gasteiger partial charge < -0.3 is 5.32 Å². The van der Waals surface area contributed by atoms with Crippen molar-refractivity contribution in [3.63, 3.8) is 0 Å². The molecule has 2 heterocycles. The third kappa shape index (κ3) is 3.30. The molecule has 1 aliphatic rings. The van der Waals surface area contributed by atoms with Crippen LogP contribution in [0.2, 0.25) is 0 Å². The molecule has 102 valence electrons. The molecule has 0 unspecified atom stereocenters. The van der Waals surface area contributed by atoms with Crippen molar-refractivity contribution in [3.05, 3.63) is 16.3 Å². The zero-order chi connectivity index (χ0) is 13.0. The monoisotopic (exact) mass is 289 g/mol. The summed E-state index contributed by atoms with van der Waals surface area (Å²) in [5.41, 5.74) is 0. The number of rotatable bonds is 5. The first-order valence-electron chi connectivity index (χ1n) is 6.12. The topological polar surface area (TPSA) is 61.4 Å². The van der Waals surface area contributed by atoms with Crippen LogP contribution in [0.5, 0.6) is 0 Å². The van der Waals surface area contributed by atoms with Crippen LogP contribution in [0.25, 0.3) is 0 Å². The van der Waals surface area contributed by atoms with Crippen LogP contribution in [0.1, 0.15) is 24.1 Å². The van der Waals surface area contributed by atoms with E-state index in [2.05, 4.69) is 10.1 Å². The molecule has 5 nitrogen and oxygen atoms in total. The molecule has 0 radical (unpaired) electrons. The van der Waals surface area contributed by atoms with Crippen LogP contribution in [-0.2, 0) is 16.6 Å². The lowest BCUT2D eigenvalue weighted by molar-refractivity contribution is 0.200. The van der Waals surface area contributed by atoms with Gasteiger partial charge in [0.05, 0.1) is 4.90 Å². The van der Waals surface area contributed by atoms with E-state index < -0.39 is 10.0 Å². The molecule has 1 fully saturated rings. The second-order valence-electron chi connectivity index (χ2n) is 4.38. The Labute approximate surface area is 112 Å². The summed E-state index contributed by atoms with van der Waals surface area (Å²) in [7, 11) is -1.61. The molecule has 0 atom stereocenters. The number of hydrogen-bond donors (Lipinski definition) is 2. The van der Waals surface area contributed by atoms with Gasteiger partial charge in [-0.2, -0.15) is 0 Å². The van der Waals surface area contributed by atoms with Gasteiger partial charge in [0.2, 0.25) is 0 Å². The quantitative estimate of drug-likeness (QED) is 0.853. The molecular formula is C11H19N3O2S2. The Balaban J connectivity index is 2.11. The van der Waals surface area contributed by atoms with Gasteiger partial charge in [0.15, 0.2) is 0 Å². The minimum atomic E-state index is -3.42. The predicted octanol–water partition coefficient (Wildman–Crippen LogP) is 1.15. The van der Waals surface area contributed by atoms with Gasteiger partial charge in [-0.25, -0.2) is 13.4 Å². The number of thiophene rings is 1. The van der Waals surface area contributed by atoms with Crippen molar-refractivity contribution in [2.75, 3.05) is 20.1 Å². The third-order valence-electron chi connectivity index (χ3n) is 2.94. The van der Waals surface area contributed by atoms with E-state index in [1.807, 2.05) is 12.4 Å². The van der Waals surface area contributed by atoms with Crippen LogP contribution in [0, 0.1) is 0 Å². The fourth-order valence-electron chi connectivity index (χ4n) is 2.06. The summed E-state index contributed by atoms with van der Waals surface area (Å²) in [6.07, 6.45) is 3.28. The smallest absolute Gasteiger partial charge is 0.254 e. The summed E-state index contributed by atoms with van der Waals surface area (Å²) >= 11 is 1.46. The Kier molecular flexibility index (Phi) is 4.74. The van der Waals surface area contributed by atoms with Crippen LogP contribution in [0.3, 0.4) is 0 Å². The molecule has 0 aromatic carbocycles. The van der Waals surface area contributed by atoms with Crippen molar-refractivity contribution in [2.24, 2.45) is 0 Å². The molecule has 7 heteroatoms. The van der Waals surface area contributed by atoms with Crippen molar-refractivity contribution in [2.45, 2.75) is 30.7 Å². The summed E-state index contributed by atoms with van der Waals surface area (Å²) in [4.78, 5) is 3.93. The largest absolute Gasteiger partial charge is 0.315 e. The molecule has 1 aromatic rings. The second-order valence-corrected chi connectivity index (χ2v) is 7.01. The molecule has 2 rings (SSSR count). The highest BCUT2D eigenvalue weighted by Crippen LogP contribution is 2.22. The van der Waals surface area contributed by atoms with Gasteiger partial charge in [0.25, 0.3) is 10.0 Å². The second kappa shape index (κ2) is 6.12. The molecule has 2 N–H and O–H groups in total. The molecule has 0 bridgehead atoms. The maximum Gasteiger partial charge on any atom is 0.254 e. The number of hydrogen-bond acceptors (Lipinski definition) is 5. The lowest BCUT2D eigenvalue weighted by Crippen LogP contribution is -2.45. The highest BCUT2D eigenvalue weighted by Gasteiger charge is 2.23. The molecule has 0 aliphatic carbocycles. The van der Waals surface area contributed by atoms with Gasteiger partial charge in [0.1, 0.15) is 0 Å². The minimum Gasteiger partial charge on any atom is -0.315 e. The van der Waals surface area contributed by atoms with Crippen molar-refractivity contribution >= 4 is 21.4 Å². The average Bonchev–Trinajstić information content (AvgIpc) is 2.79. The van der Waals surface area contributed by atoms with E-state index in [1.165, 1.54) is 17.8 Å². The Bertz CT molecular complexity index is 478. The average molecular weight is 289 g/mol. The van der Waals surface area contributed by atoms with E-state index in [9.17, 15) is 8.42 Å².